The first-order valence-electron chi connectivity index (χ1n) is 3.63. The highest BCUT2D eigenvalue weighted by molar-refractivity contribution is 7.78. The predicted octanol–water partition coefficient (Wildman–Crippen LogP) is 2.00. The molecule has 1 aliphatic heterocycles. The second-order valence-corrected chi connectivity index (χ2v) is 4.83. The van der Waals surface area contributed by atoms with E-state index < -0.39 is 13.1 Å². The standard InChI is InChI=1S/C6H10NO3PS/c1-3-5(2)6(7-4-12)10-11(6,8)9/h5H,3H2,1-2H3,(H,8,9). The summed E-state index contributed by atoms with van der Waals surface area (Å²) in [6, 6.07) is 0. The van der Waals surface area contributed by atoms with Crippen molar-refractivity contribution in [2.24, 2.45) is 10.9 Å². The molecule has 0 bridgehead atoms. The molecule has 12 heavy (non-hydrogen) atoms. The SMILES string of the molecule is CCC(C)C1(N=C=S)OP1(=O)O. The van der Waals surface area contributed by atoms with Crippen LogP contribution >= 0.6 is 19.8 Å². The molecule has 0 aromatic carbocycles. The Bertz CT molecular complexity index is 289. The minimum Gasteiger partial charge on any atom is -0.321 e. The fourth-order valence-corrected chi connectivity index (χ4v) is 2.93. The van der Waals surface area contributed by atoms with Gasteiger partial charge in [0.15, 0.2) is 0 Å². The molecule has 68 valence electrons. The van der Waals surface area contributed by atoms with E-state index in [4.69, 9.17) is 9.42 Å². The fourth-order valence-electron chi connectivity index (χ4n) is 1.06. The lowest BCUT2D eigenvalue weighted by Crippen LogP contribution is -2.16. The average Bonchev–Trinajstić information content (AvgIpc) is 2.54. The summed E-state index contributed by atoms with van der Waals surface area (Å²) in [6.07, 6.45) is 0.713. The van der Waals surface area contributed by atoms with Gasteiger partial charge in [-0.25, -0.2) is 0 Å². The highest BCUT2D eigenvalue weighted by Gasteiger charge is 2.71. The summed E-state index contributed by atoms with van der Waals surface area (Å²) in [5, 5.41) is 2.09. The van der Waals surface area contributed by atoms with E-state index >= 15 is 0 Å². The molecule has 1 N–H and O–H groups in total. The third kappa shape index (κ3) is 1.28. The highest BCUT2D eigenvalue weighted by atomic mass is 32.1. The summed E-state index contributed by atoms with van der Waals surface area (Å²) < 4.78 is 15.8. The molecule has 4 nitrogen and oxygen atoms in total. The Morgan fingerprint density at radius 3 is 2.67 bits per heavy atom. The van der Waals surface area contributed by atoms with Crippen LogP contribution in [0.15, 0.2) is 4.99 Å². The molecule has 1 saturated heterocycles. The third-order valence-corrected chi connectivity index (χ3v) is 3.98. The number of hydrogen-bond donors (Lipinski definition) is 1. The number of hydrogen-bond acceptors (Lipinski definition) is 4. The van der Waals surface area contributed by atoms with Gasteiger partial charge in [0.1, 0.15) is 0 Å². The lowest BCUT2D eigenvalue weighted by molar-refractivity contribution is 0.237. The van der Waals surface area contributed by atoms with Crippen molar-refractivity contribution in [3.63, 3.8) is 0 Å². The highest BCUT2D eigenvalue weighted by Crippen LogP contribution is 2.78. The summed E-state index contributed by atoms with van der Waals surface area (Å²) >= 11 is 4.38. The summed E-state index contributed by atoms with van der Waals surface area (Å²) in [4.78, 5) is 12.7. The van der Waals surface area contributed by atoms with E-state index in [1.165, 1.54) is 0 Å². The van der Waals surface area contributed by atoms with Gasteiger partial charge in [-0.15, -0.1) is 0 Å². The van der Waals surface area contributed by atoms with Crippen molar-refractivity contribution in [2.45, 2.75) is 25.7 Å². The first kappa shape index (κ1) is 10.0. The van der Waals surface area contributed by atoms with Crippen molar-refractivity contribution in [1.82, 2.24) is 0 Å². The van der Waals surface area contributed by atoms with E-state index in [-0.39, 0.29) is 5.92 Å². The summed E-state index contributed by atoms with van der Waals surface area (Å²) in [6.45, 7) is 3.69. The van der Waals surface area contributed by atoms with Crippen molar-refractivity contribution in [2.75, 3.05) is 0 Å². The largest absolute Gasteiger partial charge is 0.386 e. The fraction of sp³-hybridized carbons (Fsp3) is 0.833. The van der Waals surface area contributed by atoms with Gasteiger partial charge in [-0.2, -0.15) is 4.99 Å². The topological polar surface area (TPSA) is 62.2 Å². The molecule has 0 radical (unpaired) electrons. The Hall–Kier alpha value is -0.0500. The van der Waals surface area contributed by atoms with Crippen molar-refractivity contribution in [3.8, 4) is 0 Å². The zero-order valence-electron chi connectivity index (χ0n) is 6.85. The van der Waals surface area contributed by atoms with E-state index in [0.29, 0.717) is 6.42 Å². The van der Waals surface area contributed by atoms with Crippen molar-refractivity contribution < 1.29 is 14.0 Å². The second-order valence-electron chi connectivity index (χ2n) is 2.78. The Morgan fingerprint density at radius 2 is 2.42 bits per heavy atom. The van der Waals surface area contributed by atoms with Crippen molar-refractivity contribution in [3.05, 3.63) is 0 Å². The minimum atomic E-state index is -3.52. The average molecular weight is 207 g/mol. The third-order valence-electron chi connectivity index (χ3n) is 2.09. The van der Waals surface area contributed by atoms with Crippen LogP contribution in [0.25, 0.3) is 0 Å². The first-order chi connectivity index (χ1) is 5.50. The molecule has 1 fully saturated rings. The number of thiocarbonyl (C=S) groups is 1. The molecule has 1 aliphatic rings. The molecule has 0 aromatic rings. The van der Waals surface area contributed by atoms with Gasteiger partial charge >= 0.3 is 7.60 Å². The van der Waals surface area contributed by atoms with Crippen molar-refractivity contribution >= 4 is 25.0 Å². The van der Waals surface area contributed by atoms with Gasteiger partial charge < -0.3 is 4.89 Å². The van der Waals surface area contributed by atoms with E-state index in [0.717, 1.165) is 0 Å². The Labute approximate surface area is 76.2 Å². The van der Waals surface area contributed by atoms with Gasteiger partial charge in [0.2, 0.25) is 0 Å². The molecular formula is C6H10NO3PS. The zero-order chi connectivity index (χ0) is 9.41. The van der Waals surface area contributed by atoms with Crippen molar-refractivity contribution in [1.29, 1.82) is 0 Å². The zero-order valence-corrected chi connectivity index (χ0v) is 8.56. The molecule has 0 saturated carbocycles. The lowest BCUT2D eigenvalue weighted by Gasteiger charge is -2.09. The molecule has 6 heteroatoms. The number of nitrogens with zero attached hydrogens (tertiary/aromatic N) is 1. The number of aliphatic imine (C=N–C) groups is 1. The van der Waals surface area contributed by atoms with Gasteiger partial charge in [-0.05, 0) is 18.6 Å². The van der Waals surface area contributed by atoms with Crippen LogP contribution in [-0.4, -0.2) is 15.5 Å². The van der Waals surface area contributed by atoms with Gasteiger partial charge in [-0.3, -0.25) is 9.09 Å². The smallest absolute Gasteiger partial charge is 0.321 e. The maximum absolute atomic E-state index is 11.1. The van der Waals surface area contributed by atoms with Gasteiger partial charge in [0.05, 0.1) is 5.16 Å². The van der Waals surface area contributed by atoms with Crippen LogP contribution in [0.3, 0.4) is 0 Å². The molecular weight excluding hydrogens is 197 g/mol. The van der Waals surface area contributed by atoms with Crippen LogP contribution in [0.5, 0.6) is 0 Å². The normalized spacial score (nSPS) is 41.6. The summed E-state index contributed by atoms with van der Waals surface area (Å²) in [7, 11) is -3.52. The maximum atomic E-state index is 11.1. The van der Waals surface area contributed by atoms with E-state index in [9.17, 15) is 4.57 Å². The van der Waals surface area contributed by atoms with Crippen LogP contribution in [0.4, 0.5) is 0 Å². The number of isothiocyanates is 1. The minimum absolute atomic E-state index is 0.108. The Balaban J connectivity index is 2.93. The quantitative estimate of drug-likeness (QED) is 0.333. The van der Waals surface area contributed by atoms with E-state index in [1.54, 1.807) is 6.92 Å². The van der Waals surface area contributed by atoms with Crippen LogP contribution in [0.2, 0.25) is 0 Å². The predicted molar refractivity (Wildman–Crippen MR) is 48.1 cm³/mol. The van der Waals surface area contributed by atoms with E-state index in [2.05, 4.69) is 22.4 Å². The second kappa shape index (κ2) is 3.02. The van der Waals surface area contributed by atoms with Gasteiger partial charge in [0, 0.05) is 5.92 Å². The van der Waals surface area contributed by atoms with Crippen LogP contribution < -0.4 is 0 Å². The Morgan fingerprint density at radius 1 is 1.92 bits per heavy atom. The molecule has 0 aromatic heterocycles. The van der Waals surface area contributed by atoms with Crippen LogP contribution in [0, 0.1) is 5.92 Å². The van der Waals surface area contributed by atoms with Gasteiger partial charge in [-0.1, -0.05) is 13.8 Å². The Kier molecular flexibility index (Phi) is 2.52. The molecule has 3 atom stereocenters. The monoisotopic (exact) mass is 207 g/mol. The molecule has 1 rings (SSSR count). The molecule has 0 aliphatic carbocycles. The molecule has 1 heterocycles. The molecule has 0 spiro atoms. The maximum Gasteiger partial charge on any atom is 0.386 e. The van der Waals surface area contributed by atoms with Crippen LogP contribution in [0.1, 0.15) is 20.3 Å². The molecule has 0 amide bonds. The number of rotatable bonds is 3. The van der Waals surface area contributed by atoms with Crippen LogP contribution in [-0.2, 0) is 9.09 Å². The van der Waals surface area contributed by atoms with Gasteiger partial charge in [0.25, 0.3) is 5.47 Å². The summed E-state index contributed by atoms with van der Waals surface area (Å²) in [5.41, 5.74) is -1.27. The molecule has 3 unspecified atom stereocenters. The summed E-state index contributed by atoms with van der Waals surface area (Å²) in [5.74, 6) is -0.108. The lowest BCUT2D eigenvalue weighted by atomic mass is 10.1. The van der Waals surface area contributed by atoms with E-state index in [1.807, 2.05) is 6.92 Å². The first-order valence-corrected chi connectivity index (χ1v) is 5.61.